The zero-order valence-electron chi connectivity index (χ0n) is 11.8. The number of carbonyl (C=O) groups excluding carboxylic acids is 1. The van der Waals surface area contributed by atoms with Gasteiger partial charge in [-0.05, 0) is 26.3 Å². The highest BCUT2D eigenvalue weighted by Gasteiger charge is 2.15. The minimum atomic E-state index is -0.486. The third kappa shape index (κ3) is 4.12. The summed E-state index contributed by atoms with van der Waals surface area (Å²) in [6, 6.07) is 7.70. The molecule has 0 bridgehead atoms. The summed E-state index contributed by atoms with van der Waals surface area (Å²) in [5, 5.41) is 2.71. The molecule has 1 aromatic heterocycles. The largest absolute Gasteiger partial charge is 0.444 e. The van der Waals surface area contributed by atoms with Crippen LogP contribution >= 0.6 is 0 Å². The molecule has 0 spiro atoms. The second kappa shape index (κ2) is 5.77. The van der Waals surface area contributed by atoms with E-state index < -0.39 is 11.7 Å². The van der Waals surface area contributed by atoms with Gasteiger partial charge in [0.1, 0.15) is 5.60 Å². The second-order valence-corrected chi connectivity index (χ2v) is 5.42. The Kier molecular flexibility index (Phi) is 4.08. The lowest BCUT2D eigenvalue weighted by molar-refractivity contribution is 0.0523. The van der Waals surface area contributed by atoms with Gasteiger partial charge in [0.25, 0.3) is 0 Å². The molecule has 1 N–H and O–H groups in total. The van der Waals surface area contributed by atoms with E-state index in [1.165, 1.54) is 6.39 Å². The summed E-state index contributed by atoms with van der Waals surface area (Å²) >= 11 is 0. The van der Waals surface area contributed by atoms with E-state index in [0.29, 0.717) is 6.54 Å². The van der Waals surface area contributed by atoms with E-state index >= 15 is 0 Å². The molecule has 0 aliphatic carbocycles. The van der Waals surface area contributed by atoms with Crippen LogP contribution in [0.25, 0.3) is 11.3 Å². The van der Waals surface area contributed by atoms with Gasteiger partial charge in [0.15, 0.2) is 12.2 Å². The molecule has 0 atom stereocenters. The summed E-state index contributed by atoms with van der Waals surface area (Å²) in [4.78, 5) is 15.4. The quantitative estimate of drug-likeness (QED) is 0.932. The molecule has 1 amide bonds. The smallest absolute Gasteiger partial charge is 0.407 e. The highest BCUT2D eigenvalue weighted by atomic mass is 16.6. The lowest BCUT2D eigenvalue weighted by Gasteiger charge is -2.19. The van der Waals surface area contributed by atoms with Crippen LogP contribution in [0.2, 0.25) is 0 Å². The number of hydrogen-bond donors (Lipinski definition) is 1. The molecule has 5 heteroatoms. The second-order valence-electron chi connectivity index (χ2n) is 5.42. The summed E-state index contributed by atoms with van der Waals surface area (Å²) in [6.07, 6.45) is 2.64. The highest BCUT2D eigenvalue weighted by molar-refractivity contribution is 5.67. The van der Waals surface area contributed by atoms with E-state index in [1.54, 1.807) is 6.20 Å². The van der Waals surface area contributed by atoms with Gasteiger partial charge >= 0.3 is 6.09 Å². The van der Waals surface area contributed by atoms with Crippen molar-refractivity contribution in [2.24, 2.45) is 0 Å². The van der Waals surface area contributed by atoms with Crippen LogP contribution in [0.1, 0.15) is 26.3 Å². The number of aromatic nitrogens is 1. The van der Waals surface area contributed by atoms with Crippen molar-refractivity contribution in [3.05, 3.63) is 42.4 Å². The Morgan fingerprint density at radius 3 is 2.55 bits per heavy atom. The van der Waals surface area contributed by atoms with E-state index in [1.807, 2.05) is 45.0 Å². The van der Waals surface area contributed by atoms with E-state index in [-0.39, 0.29) is 0 Å². The van der Waals surface area contributed by atoms with Gasteiger partial charge in [0.05, 0.1) is 6.20 Å². The average Bonchev–Trinajstić information content (AvgIpc) is 2.89. The van der Waals surface area contributed by atoms with Crippen molar-refractivity contribution in [2.75, 3.05) is 0 Å². The fraction of sp³-hybridized carbons (Fsp3) is 0.333. The van der Waals surface area contributed by atoms with Crippen LogP contribution < -0.4 is 5.32 Å². The number of hydrogen-bond acceptors (Lipinski definition) is 4. The molecule has 106 valence electrons. The van der Waals surface area contributed by atoms with Gasteiger partial charge in [0.2, 0.25) is 0 Å². The average molecular weight is 274 g/mol. The van der Waals surface area contributed by atoms with Gasteiger partial charge in [-0.15, -0.1) is 0 Å². The summed E-state index contributed by atoms with van der Waals surface area (Å²) in [5.74, 6) is 0.719. The van der Waals surface area contributed by atoms with Gasteiger partial charge < -0.3 is 14.5 Å². The van der Waals surface area contributed by atoms with Crippen molar-refractivity contribution in [2.45, 2.75) is 32.9 Å². The topological polar surface area (TPSA) is 64.4 Å². The molecule has 0 aliphatic rings. The monoisotopic (exact) mass is 274 g/mol. The molecular formula is C15H18N2O3. The molecule has 2 aromatic rings. The molecule has 0 unspecified atom stereocenters. The normalized spacial score (nSPS) is 11.2. The van der Waals surface area contributed by atoms with Crippen LogP contribution in [0.3, 0.4) is 0 Å². The summed E-state index contributed by atoms with van der Waals surface area (Å²) in [6.45, 7) is 5.92. The maximum Gasteiger partial charge on any atom is 0.407 e. The maximum atomic E-state index is 11.5. The minimum Gasteiger partial charge on any atom is -0.444 e. The fourth-order valence-corrected chi connectivity index (χ4v) is 1.63. The Labute approximate surface area is 118 Å². The van der Waals surface area contributed by atoms with Crippen molar-refractivity contribution < 1.29 is 13.9 Å². The zero-order valence-corrected chi connectivity index (χ0v) is 11.8. The van der Waals surface area contributed by atoms with Crippen molar-refractivity contribution in [1.29, 1.82) is 0 Å². The van der Waals surface area contributed by atoms with Gasteiger partial charge in [0, 0.05) is 12.1 Å². The predicted molar refractivity (Wildman–Crippen MR) is 75.0 cm³/mol. The lowest BCUT2D eigenvalue weighted by atomic mass is 10.1. The molecule has 5 nitrogen and oxygen atoms in total. The van der Waals surface area contributed by atoms with Crippen molar-refractivity contribution in [1.82, 2.24) is 10.3 Å². The van der Waals surface area contributed by atoms with Crippen LogP contribution in [-0.2, 0) is 11.3 Å². The van der Waals surface area contributed by atoms with Crippen molar-refractivity contribution in [3.8, 4) is 11.3 Å². The van der Waals surface area contributed by atoms with Crippen LogP contribution in [0.4, 0.5) is 4.79 Å². The van der Waals surface area contributed by atoms with E-state index in [4.69, 9.17) is 9.15 Å². The SMILES string of the molecule is CC(C)(C)OC(=O)NCc1ccc(-c2cnco2)cc1. The molecule has 0 saturated carbocycles. The molecule has 20 heavy (non-hydrogen) atoms. The molecular weight excluding hydrogens is 256 g/mol. The molecule has 0 fully saturated rings. The predicted octanol–water partition coefficient (Wildman–Crippen LogP) is 3.37. The van der Waals surface area contributed by atoms with Crippen LogP contribution in [0, 0.1) is 0 Å². The number of alkyl carbamates (subject to hydrolysis) is 1. The first kappa shape index (κ1) is 14.1. The number of carbonyl (C=O) groups is 1. The van der Waals surface area contributed by atoms with Crippen LogP contribution in [-0.4, -0.2) is 16.7 Å². The number of rotatable bonds is 3. The number of oxazole rings is 1. The Hall–Kier alpha value is -2.30. The molecule has 2 rings (SSSR count). The zero-order chi connectivity index (χ0) is 14.6. The van der Waals surface area contributed by atoms with Crippen LogP contribution in [0.5, 0.6) is 0 Å². The number of amides is 1. The van der Waals surface area contributed by atoms with E-state index in [0.717, 1.165) is 16.9 Å². The van der Waals surface area contributed by atoms with Gasteiger partial charge in [-0.3, -0.25) is 0 Å². The molecule has 1 aromatic carbocycles. The number of nitrogens with one attached hydrogen (secondary N) is 1. The number of nitrogens with zero attached hydrogens (tertiary/aromatic N) is 1. The van der Waals surface area contributed by atoms with Gasteiger partial charge in [-0.25, -0.2) is 9.78 Å². The van der Waals surface area contributed by atoms with E-state index in [2.05, 4.69) is 10.3 Å². The Morgan fingerprint density at radius 1 is 1.30 bits per heavy atom. The molecule has 0 aliphatic heterocycles. The maximum absolute atomic E-state index is 11.5. The Morgan fingerprint density at radius 2 is 2.00 bits per heavy atom. The first-order valence-electron chi connectivity index (χ1n) is 6.39. The molecule has 0 radical (unpaired) electrons. The number of ether oxygens (including phenoxy) is 1. The summed E-state index contributed by atoms with van der Waals surface area (Å²) in [7, 11) is 0. The fourth-order valence-electron chi connectivity index (χ4n) is 1.63. The summed E-state index contributed by atoms with van der Waals surface area (Å²) < 4.78 is 10.4. The molecule has 1 heterocycles. The minimum absolute atomic E-state index is 0.420. The third-order valence-corrected chi connectivity index (χ3v) is 2.51. The highest BCUT2D eigenvalue weighted by Crippen LogP contribution is 2.18. The van der Waals surface area contributed by atoms with Crippen molar-refractivity contribution in [3.63, 3.8) is 0 Å². The number of benzene rings is 1. The molecule has 0 saturated heterocycles. The Balaban J connectivity index is 1.90. The van der Waals surface area contributed by atoms with Crippen LogP contribution in [0.15, 0.2) is 41.3 Å². The van der Waals surface area contributed by atoms with Crippen molar-refractivity contribution >= 4 is 6.09 Å². The summed E-state index contributed by atoms with van der Waals surface area (Å²) in [5.41, 5.74) is 1.45. The standard InChI is InChI=1S/C15H18N2O3/c1-15(2,3)20-14(18)17-8-11-4-6-12(7-5-11)13-9-16-10-19-13/h4-7,9-10H,8H2,1-3H3,(H,17,18). The first-order valence-corrected chi connectivity index (χ1v) is 6.39. The first-order chi connectivity index (χ1) is 9.44. The van der Waals surface area contributed by atoms with E-state index in [9.17, 15) is 4.79 Å². The third-order valence-electron chi connectivity index (χ3n) is 2.51. The Bertz CT molecular complexity index is 554. The van der Waals surface area contributed by atoms with Gasteiger partial charge in [-0.2, -0.15) is 0 Å². The van der Waals surface area contributed by atoms with Gasteiger partial charge in [-0.1, -0.05) is 24.3 Å². The lowest BCUT2D eigenvalue weighted by Crippen LogP contribution is -2.32.